The highest BCUT2D eigenvalue weighted by Crippen LogP contribution is 2.08. The van der Waals surface area contributed by atoms with Gasteiger partial charge in [0, 0.05) is 20.3 Å². The molecular formula is C9H21NO2. The van der Waals surface area contributed by atoms with Crippen LogP contribution in [0.2, 0.25) is 0 Å². The van der Waals surface area contributed by atoms with Gasteiger partial charge in [0.05, 0.1) is 12.2 Å². The minimum absolute atomic E-state index is 0.0555. The number of nitrogens with two attached hydrogens (primary N) is 1. The van der Waals surface area contributed by atoms with Crippen LogP contribution < -0.4 is 5.73 Å². The van der Waals surface area contributed by atoms with E-state index in [1.807, 2.05) is 6.92 Å². The van der Waals surface area contributed by atoms with E-state index < -0.39 is 0 Å². The molecule has 0 aliphatic heterocycles. The Labute approximate surface area is 75.2 Å². The molecule has 74 valence electrons. The van der Waals surface area contributed by atoms with E-state index in [4.69, 9.17) is 15.2 Å². The van der Waals surface area contributed by atoms with E-state index in [2.05, 4.69) is 6.92 Å². The van der Waals surface area contributed by atoms with Gasteiger partial charge in [0.2, 0.25) is 0 Å². The minimum Gasteiger partial charge on any atom is -0.379 e. The molecule has 0 spiro atoms. The van der Waals surface area contributed by atoms with Gasteiger partial charge in [-0.1, -0.05) is 13.3 Å². The summed E-state index contributed by atoms with van der Waals surface area (Å²) in [6.07, 6.45) is 2.32. The molecule has 0 radical (unpaired) electrons. The zero-order valence-corrected chi connectivity index (χ0v) is 8.38. The lowest BCUT2D eigenvalue weighted by atomic mass is 10.1. The molecule has 0 rings (SSSR count). The van der Waals surface area contributed by atoms with Crippen LogP contribution in [0, 0.1) is 0 Å². The normalized spacial score (nSPS) is 16.0. The molecule has 0 bridgehead atoms. The summed E-state index contributed by atoms with van der Waals surface area (Å²) >= 11 is 0. The summed E-state index contributed by atoms with van der Waals surface area (Å²) < 4.78 is 10.7. The molecule has 0 fully saturated rings. The van der Waals surface area contributed by atoms with Crippen molar-refractivity contribution in [3.8, 4) is 0 Å². The number of methoxy groups -OCH3 is 1. The molecule has 0 aliphatic rings. The van der Waals surface area contributed by atoms with Crippen molar-refractivity contribution in [1.29, 1.82) is 0 Å². The van der Waals surface area contributed by atoms with Gasteiger partial charge < -0.3 is 15.2 Å². The van der Waals surface area contributed by atoms with Crippen molar-refractivity contribution >= 4 is 0 Å². The smallest absolute Gasteiger partial charge is 0.0958 e. The Balaban J connectivity index is 3.84. The molecule has 12 heavy (non-hydrogen) atoms. The first kappa shape index (κ1) is 11.9. The molecule has 0 heterocycles. The molecule has 0 saturated heterocycles. The molecule has 0 aromatic heterocycles. The predicted molar refractivity (Wildman–Crippen MR) is 50.2 cm³/mol. The lowest BCUT2D eigenvalue weighted by Gasteiger charge is -2.24. The van der Waals surface area contributed by atoms with Gasteiger partial charge in [-0.15, -0.1) is 0 Å². The van der Waals surface area contributed by atoms with Crippen LogP contribution in [0.25, 0.3) is 0 Å². The van der Waals surface area contributed by atoms with Crippen LogP contribution in [-0.4, -0.2) is 32.5 Å². The first-order chi connectivity index (χ1) is 5.79. The van der Waals surface area contributed by atoms with Gasteiger partial charge in [-0.2, -0.15) is 0 Å². The Morgan fingerprint density at radius 1 is 1.25 bits per heavy atom. The lowest BCUT2D eigenvalue weighted by molar-refractivity contribution is -0.0509. The zero-order valence-electron chi connectivity index (χ0n) is 8.38. The summed E-state index contributed by atoms with van der Waals surface area (Å²) in [5, 5.41) is 0. The van der Waals surface area contributed by atoms with Crippen molar-refractivity contribution < 1.29 is 9.47 Å². The van der Waals surface area contributed by atoms with E-state index in [9.17, 15) is 0 Å². The van der Waals surface area contributed by atoms with Crippen molar-refractivity contribution in [3.05, 3.63) is 0 Å². The Morgan fingerprint density at radius 3 is 2.25 bits per heavy atom. The highest BCUT2D eigenvalue weighted by molar-refractivity contribution is 4.70. The first-order valence-corrected chi connectivity index (χ1v) is 4.64. The largest absolute Gasteiger partial charge is 0.379 e. The van der Waals surface area contributed by atoms with E-state index in [1.54, 1.807) is 7.11 Å². The SMILES string of the molecule is CCCC(OC)C(CN)OCC. The van der Waals surface area contributed by atoms with Gasteiger partial charge >= 0.3 is 0 Å². The second kappa shape index (κ2) is 7.53. The third kappa shape index (κ3) is 4.04. The molecule has 2 unspecified atom stereocenters. The third-order valence-electron chi connectivity index (χ3n) is 1.90. The van der Waals surface area contributed by atoms with Crippen LogP contribution >= 0.6 is 0 Å². The van der Waals surface area contributed by atoms with Crippen molar-refractivity contribution in [2.45, 2.75) is 38.9 Å². The molecular weight excluding hydrogens is 154 g/mol. The van der Waals surface area contributed by atoms with Gasteiger partial charge in [0.1, 0.15) is 0 Å². The molecule has 3 nitrogen and oxygen atoms in total. The van der Waals surface area contributed by atoms with Crippen molar-refractivity contribution in [3.63, 3.8) is 0 Å². The van der Waals surface area contributed by atoms with Crippen molar-refractivity contribution in [2.24, 2.45) is 5.73 Å². The number of ether oxygens (including phenoxy) is 2. The highest BCUT2D eigenvalue weighted by atomic mass is 16.5. The molecule has 0 amide bonds. The summed E-state index contributed by atoms with van der Waals surface area (Å²) in [5.74, 6) is 0. The molecule has 0 aromatic rings. The molecule has 3 heteroatoms. The molecule has 0 aliphatic carbocycles. The maximum atomic E-state index is 5.56. The second-order valence-corrected chi connectivity index (χ2v) is 2.79. The van der Waals surface area contributed by atoms with E-state index in [0.717, 1.165) is 12.8 Å². The zero-order chi connectivity index (χ0) is 9.40. The highest BCUT2D eigenvalue weighted by Gasteiger charge is 2.18. The molecule has 0 saturated carbocycles. The summed E-state index contributed by atoms with van der Waals surface area (Å²) in [6, 6.07) is 0. The lowest BCUT2D eigenvalue weighted by Crippen LogP contribution is -2.37. The second-order valence-electron chi connectivity index (χ2n) is 2.79. The summed E-state index contributed by atoms with van der Waals surface area (Å²) in [4.78, 5) is 0. The fourth-order valence-electron chi connectivity index (χ4n) is 1.28. The Bertz CT molecular complexity index is 86.5. The quantitative estimate of drug-likeness (QED) is 0.631. The monoisotopic (exact) mass is 175 g/mol. The number of hydrogen-bond donors (Lipinski definition) is 1. The van der Waals surface area contributed by atoms with Gasteiger partial charge in [-0.05, 0) is 13.3 Å². The van der Waals surface area contributed by atoms with E-state index in [0.29, 0.717) is 13.2 Å². The number of rotatable bonds is 7. The standard InChI is InChI=1S/C9H21NO2/c1-4-6-8(11-3)9(7-10)12-5-2/h8-9H,4-7,10H2,1-3H3. The van der Waals surface area contributed by atoms with Crippen LogP contribution in [0.15, 0.2) is 0 Å². The van der Waals surface area contributed by atoms with Crippen LogP contribution in [0.1, 0.15) is 26.7 Å². The Kier molecular flexibility index (Phi) is 7.45. The van der Waals surface area contributed by atoms with Crippen LogP contribution in [0.5, 0.6) is 0 Å². The van der Waals surface area contributed by atoms with Crippen LogP contribution in [0.4, 0.5) is 0 Å². The first-order valence-electron chi connectivity index (χ1n) is 4.64. The maximum absolute atomic E-state index is 5.56. The predicted octanol–water partition coefficient (Wildman–Crippen LogP) is 1.17. The average molecular weight is 175 g/mol. The van der Waals surface area contributed by atoms with Crippen LogP contribution in [0.3, 0.4) is 0 Å². The summed E-state index contributed by atoms with van der Waals surface area (Å²) in [7, 11) is 1.71. The van der Waals surface area contributed by atoms with E-state index in [-0.39, 0.29) is 12.2 Å². The minimum atomic E-state index is 0.0555. The summed E-state index contributed by atoms with van der Waals surface area (Å²) in [5.41, 5.74) is 5.56. The van der Waals surface area contributed by atoms with Gasteiger partial charge in [0.15, 0.2) is 0 Å². The fourth-order valence-corrected chi connectivity index (χ4v) is 1.28. The van der Waals surface area contributed by atoms with E-state index >= 15 is 0 Å². The third-order valence-corrected chi connectivity index (χ3v) is 1.90. The summed E-state index contributed by atoms with van der Waals surface area (Å²) in [6.45, 7) is 5.34. The Morgan fingerprint density at radius 2 is 1.92 bits per heavy atom. The van der Waals surface area contributed by atoms with Crippen molar-refractivity contribution in [1.82, 2.24) is 0 Å². The van der Waals surface area contributed by atoms with Crippen molar-refractivity contribution in [2.75, 3.05) is 20.3 Å². The molecule has 0 aromatic carbocycles. The van der Waals surface area contributed by atoms with Gasteiger partial charge in [0.25, 0.3) is 0 Å². The molecule has 2 N–H and O–H groups in total. The topological polar surface area (TPSA) is 44.5 Å². The Hall–Kier alpha value is -0.120. The fraction of sp³-hybridized carbons (Fsp3) is 1.00. The van der Waals surface area contributed by atoms with Gasteiger partial charge in [-0.3, -0.25) is 0 Å². The molecule has 2 atom stereocenters. The van der Waals surface area contributed by atoms with Crippen LogP contribution in [-0.2, 0) is 9.47 Å². The maximum Gasteiger partial charge on any atom is 0.0958 e. The average Bonchev–Trinajstić information content (AvgIpc) is 2.11. The van der Waals surface area contributed by atoms with E-state index in [1.165, 1.54) is 0 Å². The number of hydrogen-bond acceptors (Lipinski definition) is 3. The van der Waals surface area contributed by atoms with Gasteiger partial charge in [-0.25, -0.2) is 0 Å².